The number of carbonyl (C=O) groups is 3. The number of likely N-dealkylation sites (tertiary alicyclic amines) is 1. The second kappa shape index (κ2) is 5.86. The summed E-state index contributed by atoms with van der Waals surface area (Å²) in [6, 6.07) is 0.567. The molecule has 0 bridgehead atoms. The normalized spacial score (nSPS) is 17.6. The predicted molar refractivity (Wildman–Crippen MR) is 75.3 cm³/mol. The first-order valence-corrected chi connectivity index (χ1v) is 6.66. The summed E-state index contributed by atoms with van der Waals surface area (Å²) in [5.41, 5.74) is 0.760. The van der Waals surface area contributed by atoms with Crippen LogP contribution in [-0.2, 0) is 4.79 Å². The minimum absolute atomic E-state index is 0.0726. The zero-order chi connectivity index (χ0) is 15.6. The van der Waals surface area contributed by atoms with Crippen molar-refractivity contribution < 1.29 is 19.5 Å². The van der Waals surface area contributed by atoms with Gasteiger partial charge in [-0.05, 0) is 25.8 Å². The van der Waals surface area contributed by atoms with Crippen LogP contribution in [0.3, 0.4) is 0 Å². The number of rotatable bonds is 3. The quantitative estimate of drug-likeness (QED) is 0.659. The van der Waals surface area contributed by atoms with E-state index < -0.39 is 18.0 Å². The van der Waals surface area contributed by atoms with Gasteiger partial charge in [0, 0.05) is 19.3 Å². The van der Waals surface area contributed by atoms with Gasteiger partial charge in [0.2, 0.25) is 5.91 Å². The van der Waals surface area contributed by atoms with Crippen LogP contribution in [0.15, 0.2) is 6.07 Å². The number of likely N-dealkylation sites (N-methyl/N-ethyl adjacent to an activating group) is 1. The van der Waals surface area contributed by atoms with E-state index in [9.17, 15) is 14.4 Å². The van der Waals surface area contributed by atoms with Crippen molar-refractivity contribution in [1.82, 2.24) is 15.2 Å². The third-order valence-electron chi connectivity index (χ3n) is 3.47. The molecule has 1 unspecified atom stereocenters. The van der Waals surface area contributed by atoms with E-state index in [4.69, 9.17) is 5.11 Å². The number of aromatic carboxylic acids is 1. The summed E-state index contributed by atoms with van der Waals surface area (Å²) in [5, 5.41) is 14.2. The van der Waals surface area contributed by atoms with Crippen molar-refractivity contribution in [2.45, 2.75) is 25.8 Å². The molecule has 114 valence electrons. The summed E-state index contributed by atoms with van der Waals surface area (Å²) in [6.45, 7) is 2.17. The van der Waals surface area contributed by atoms with Crippen molar-refractivity contribution >= 4 is 23.6 Å². The molecule has 1 aromatic rings. The standard InChI is InChI=1S/C13H18N4O4/c1-7-6-8(10(15-7)12(19)20)16-13(21)17-5-3-4-9(17)11(18)14-2/h6,9,15H,3-5H2,1-2H3,(H,14,18)(H,16,21)(H,19,20). The highest BCUT2D eigenvalue weighted by molar-refractivity contribution is 6.00. The van der Waals surface area contributed by atoms with Crippen LogP contribution in [-0.4, -0.2) is 52.5 Å². The van der Waals surface area contributed by atoms with Gasteiger partial charge in [-0.3, -0.25) is 4.79 Å². The molecule has 1 saturated heterocycles. The Labute approximate surface area is 121 Å². The highest BCUT2D eigenvalue weighted by Crippen LogP contribution is 2.21. The van der Waals surface area contributed by atoms with Crippen molar-refractivity contribution in [1.29, 1.82) is 0 Å². The summed E-state index contributed by atoms with van der Waals surface area (Å²) in [7, 11) is 1.52. The molecule has 3 amide bonds. The highest BCUT2D eigenvalue weighted by atomic mass is 16.4. The number of hydrogen-bond acceptors (Lipinski definition) is 3. The Hall–Kier alpha value is -2.51. The maximum atomic E-state index is 12.3. The number of carboxylic acid groups (broad SMARTS) is 1. The van der Waals surface area contributed by atoms with Crippen LogP contribution in [0.1, 0.15) is 29.0 Å². The van der Waals surface area contributed by atoms with Crippen molar-refractivity contribution in [3.8, 4) is 0 Å². The molecule has 8 heteroatoms. The van der Waals surface area contributed by atoms with E-state index in [1.807, 2.05) is 0 Å². The number of nitrogens with one attached hydrogen (secondary N) is 3. The molecule has 2 heterocycles. The molecule has 0 spiro atoms. The number of aryl methyl sites for hydroxylation is 1. The number of carboxylic acids is 1. The number of aromatic nitrogens is 1. The third kappa shape index (κ3) is 2.99. The molecule has 0 aliphatic carbocycles. The van der Waals surface area contributed by atoms with Gasteiger partial charge in [0.25, 0.3) is 0 Å². The molecule has 0 saturated carbocycles. The second-order valence-electron chi connectivity index (χ2n) is 4.94. The number of H-pyrrole nitrogens is 1. The lowest BCUT2D eigenvalue weighted by Crippen LogP contribution is -2.46. The molecule has 1 aromatic heterocycles. The number of urea groups is 1. The molecule has 21 heavy (non-hydrogen) atoms. The van der Waals surface area contributed by atoms with Crippen LogP contribution >= 0.6 is 0 Å². The molecule has 4 N–H and O–H groups in total. The fourth-order valence-corrected chi connectivity index (χ4v) is 2.49. The lowest BCUT2D eigenvalue weighted by atomic mass is 10.2. The lowest BCUT2D eigenvalue weighted by molar-refractivity contribution is -0.124. The largest absolute Gasteiger partial charge is 0.477 e. The molecule has 2 rings (SSSR count). The van der Waals surface area contributed by atoms with Crippen LogP contribution in [0.2, 0.25) is 0 Å². The van der Waals surface area contributed by atoms with Gasteiger partial charge < -0.3 is 25.6 Å². The Morgan fingerprint density at radius 1 is 1.43 bits per heavy atom. The summed E-state index contributed by atoms with van der Waals surface area (Å²) in [4.78, 5) is 39.2. The maximum absolute atomic E-state index is 12.3. The first-order chi connectivity index (χ1) is 9.93. The Bertz CT molecular complexity index is 581. The van der Waals surface area contributed by atoms with E-state index in [1.54, 1.807) is 13.0 Å². The molecule has 1 aliphatic rings. The van der Waals surface area contributed by atoms with Gasteiger partial charge >= 0.3 is 12.0 Å². The molecule has 8 nitrogen and oxygen atoms in total. The van der Waals surface area contributed by atoms with Crippen LogP contribution in [0, 0.1) is 6.92 Å². The fraction of sp³-hybridized carbons (Fsp3) is 0.462. The van der Waals surface area contributed by atoms with Crippen LogP contribution in [0.5, 0.6) is 0 Å². The third-order valence-corrected chi connectivity index (χ3v) is 3.47. The van der Waals surface area contributed by atoms with Gasteiger partial charge in [-0.2, -0.15) is 0 Å². The number of amides is 3. The Morgan fingerprint density at radius 2 is 2.14 bits per heavy atom. The van der Waals surface area contributed by atoms with Gasteiger partial charge in [-0.1, -0.05) is 0 Å². The highest BCUT2D eigenvalue weighted by Gasteiger charge is 2.34. The molecule has 1 fully saturated rings. The molecular formula is C13H18N4O4. The van der Waals surface area contributed by atoms with Gasteiger partial charge in [0.05, 0.1) is 5.69 Å². The van der Waals surface area contributed by atoms with E-state index in [1.165, 1.54) is 11.9 Å². The van der Waals surface area contributed by atoms with Gasteiger partial charge in [0.1, 0.15) is 11.7 Å². The van der Waals surface area contributed by atoms with E-state index >= 15 is 0 Å². The summed E-state index contributed by atoms with van der Waals surface area (Å²) in [6.07, 6.45) is 1.34. The van der Waals surface area contributed by atoms with Crippen LogP contribution in [0.25, 0.3) is 0 Å². The lowest BCUT2D eigenvalue weighted by Gasteiger charge is -2.23. The second-order valence-corrected chi connectivity index (χ2v) is 4.94. The fourth-order valence-electron chi connectivity index (χ4n) is 2.49. The summed E-state index contributed by atoms with van der Waals surface area (Å²) >= 11 is 0. The zero-order valence-corrected chi connectivity index (χ0v) is 11.9. The molecule has 0 radical (unpaired) electrons. The maximum Gasteiger partial charge on any atom is 0.354 e. The van der Waals surface area contributed by atoms with Gasteiger partial charge in [-0.15, -0.1) is 0 Å². The molecule has 0 aromatic carbocycles. The van der Waals surface area contributed by atoms with E-state index in [0.717, 1.165) is 6.42 Å². The van der Waals surface area contributed by atoms with Crippen molar-refractivity contribution in [3.05, 3.63) is 17.5 Å². The van der Waals surface area contributed by atoms with E-state index in [0.29, 0.717) is 18.7 Å². The number of aromatic amines is 1. The topological polar surface area (TPSA) is 115 Å². The SMILES string of the molecule is CNC(=O)C1CCCN1C(=O)Nc1cc(C)[nH]c1C(=O)O. The average Bonchev–Trinajstić information content (AvgIpc) is 3.04. The summed E-state index contributed by atoms with van der Waals surface area (Å²) < 4.78 is 0. The van der Waals surface area contributed by atoms with Crippen molar-refractivity contribution in [2.24, 2.45) is 0 Å². The molecule has 1 atom stereocenters. The van der Waals surface area contributed by atoms with Crippen LogP contribution < -0.4 is 10.6 Å². The monoisotopic (exact) mass is 294 g/mol. The number of carbonyl (C=O) groups excluding carboxylic acids is 2. The average molecular weight is 294 g/mol. The van der Waals surface area contributed by atoms with Crippen LogP contribution in [0.4, 0.5) is 10.5 Å². The minimum atomic E-state index is -1.15. The van der Waals surface area contributed by atoms with Crippen molar-refractivity contribution in [3.63, 3.8) is 0 Å². The Kier molecular flexibility index (Phi) is 4.15. The Morgan fingerprint density at radius 3 is 2.76 bits per heavy atom. The first kappa shape index (κ1) is 14.9. The molecule has 1 aliphatic heterocycles. The van der Waals surface area contributed by atoms with Gasteiger partial charge in [-0.25, -0.2) is 9.59 Å². The number of hydrogen-bond donors (Lipinski definition) is 4. The van der Waals surface area contributed by atoms with E-state index in [2.05, 4.69) is 15.6 Å². The van der Waals surface area contributed by atoms with E-state index in [-0.39, 0.29) is 17.3 Å². The predicted octanol–water partition coefficient (Wildman–Crippen LogP) is 0.764. The van der Waals surface area contributed by atoms with Crippen molar-refractivity contribution in [2.75, 3.05) is 18.9 Å². The number of nitrogens with zero attached hydrogens (tertiary/aromatic N) is 1. The Balaban J connectivity index is 2.14. The molecular weight excluding hydrogens is 276 g/mol. The summed E-state index contributed by atoms with van der Waals surface area (Å²) in [5.74, 6) is -1.37. The minimum Gasteiger partial charge on any atom is -0.477 e. The van der Waals surface area contributed by atoms with Gasteiger partial charge in [0.15, 0.2) is 0 Å². The smallest absolute Gasteiger partial charge is 0.354 e. The number of anilines is 1. The zero-order valence-electron chi connectivity index (χ0n) is 11.9. The first-order valence-electron chi connectivity index (χ1n) is 6.66.